The molecule has 0 aliphatic heterocycles. The largest absolute Gasteiger partial charge is 0.356 e. The van der Waals surface area contributed by atoms with Crippen molar-refractivity contribution in [1.82, 2.24) is 20.6 Å². The molecule has 0 atom stereocenters. The Kier molecular flexibility index (Phi) is 9.00. The van der Waals surface area contributed by atoms with Crippen molar-refractivity contribution in [3.8, 4) is 0 Å². The van der Waals surface area contributed by atoms with E-state index in [-0.39, 0.29) is 24.0 Å². The molecule has 0 radical (unpaired) electrons. The van der Waals surface area contributed by atoms with Crippen molar-refractivity contribution in [2.24, 2.45) is 4.99 Å². The molecule has 23 heavy (non-hydrogen) atoms. The van der Waals surface area contributed by atoms with E-state index in [4.69, 9.17) is 0 Å². The summed E-state index contributed by atoms with van der Waals surface area (Å²) in [5.41, 5.74) is 1.16. The number of nitrogens with zero attached hydrogens (tertiary/aromatic N) is 3. The van der Waals surface area contributed by atoms with Crippen molar-refractivity contribution in [1.29, 1.82) is 0 Å². The fraction of sp³-hybridized carbons (Fsp3) is 0.533. The highest BCUT2D eigenvalue weighted by Crippen LogP contribution is 2.17. The quantitative estimate of drug-likeness (QED) is 0.389. The predicted molar refractivity (Wildman–Crippen MR) is 110 cm³/mol. The smallest absolute Gasteiger partial charge is 0.191 e. The molecule has 0 spiro atoms. The summed E-state index contributed by atoms with van der Waals surface area (Å²) in [7, 11) is 1.78. The molecule has 0 aromatic carbocycles. The Balaban J connectivity index is 0.00000264. The van der Waals surface area contributed by atoms with E-state index in [9.17, 15) is 0 Å². The van der Waals surface area contributed by atoms with E-state index >= 15 is 0 Å². The number of hydrogen-bond acceptors (Lipinski definition) is 5. The highest BCUT2D eigenvalue weighted by molar-refractivity contribution is 14.0. The van der Waals surface area contributed by atoms with Crippen LogP contribution in [-0.4, -0.2) is 29.5 Å². The number of hydrogen-bond donors (Lipinski definition) is 2. The maximum absolute atomic E-state index is 4.61. The summed E-state index contributed by atoms with van der Waals surface area (Å²) >= 11 is 3.43. The molecule has 8 heteroatoms. The fourth-order valence-corrected chi connectivity index (χ4v) is 3.54. The summed E-state index contributed by atoms with van der Waals surface area (Å²) in [6.45, 7) is 7.92. The molecule has 0 aliphatic rings. The van der Waals surface area contributed by atoms with Crippen LogP contribution < -0.4 is 10.6 Å². The first-order chi connectivity index (χ1) is 10.6. The van der Waals surface area contributed by atoms with Crippen LogP contribution in [-0.2, 0) is 13.0 Å². The van der Waals surface area contributed by atoms with Crippen LogP contribution in [0.1, 0.15) is 40.4 Å². The number of halogens is 1. The molecule has 2 N–H and O–H groups in total. The van der Waals surface area contributed by atoms with Crippen LogP contribution in [0.2, 0.25) is 0 Å². The molecule has 2 aromatic rings. The standard InChI is InChI=1S/C15H23N5S2.HI/c1-10(2)12-9-21-14(20-12)8-19-15(16-4)17-6-5-13-18-7-11(3)22-13;/h7,9-10H,5-6,8H2,1-4H3,(H2,16,17,19);1H. The lowest BCUT2D eigenvalue weighted by Gasteiger charge is -2.10. The molecule has 2 aromatic heterocycles. The SMILES string of the molecule is CN=C(NCCc1ncc(C)s1)NCc1nc(C(C)C)cs1.I. The number of aryl methyl sites for hydroxylation is 1. The second-order valence-electron chi connectivity index (χ2n) is 5.29. The summed E-state index contributed by atoms with van der Waals surface area (Å²) in [6.07, 6.45) is 2.83. The first kappa shape index (κ1) is 20.3. The number of rotatable bonds is 6. The van der Waals surface area contributed by atoms with E-state index in [0.717, 1.165) is 34.6 Å². The molecular weight excluding hydrogens is 441 g/mol. The highest BCUT2D eigenvalue weighted by Gasteiger charge is 2.06. The van der Waals surface area contributed by atoms with Crippen molar-refractivity contribution in [2.75, 3.05) is 13.6 Å². The van der Waals surface area contributed by atoms with Crippen molar-refractivity contribution < 1.29 is 0 Å². The van der Waals surface area contributed by atoms with Crippen LogP contribution in [0.4, 0.5) is 0 Å². The number of nitrogens with one attached hydrogen (secondary N) is 2. The average molecular weight is 465 g/mol. The van der Waals surface area contributed by atoms with Gasteiger partial charge in [0.25, 0.3) is 0 Å². The van der Waals surface area contributed by atoms with E-state index in [2.05, 4.69) is 51.7 Å². The van der Waals surface area contributed by atoms with Crippen LogP contribution in [0.3, 0.4) is 0 Å². The van der Waals surface area contributed by atoms with Crippen LogP contribution >= 0.6 is 46.7 Å². The van der Waals surface area contributed by atoms with Crippen molar-refractivity contribution in [3.63, 3.8) is 0 Å². The Morgan fingerprint density at radius 3 is 2.65 bits per heavy atom. The van der Waals surface area contributed by atoms with Crippen molar-refractivity contribution in [3.05, 3.63) is 32.2 Å². The zero-order chi connectivity index (χ0) is 15.9. The maximum Gasteiger partial charge on any atom is 0.191 e. The molecular formula is C15H24IN5S2. The van der Waals surface area contributed by atoms with E-state index < -0.39 is 0 Å². The minimum absolute atomic E-state index is 0. The van der Waals surface area contributed by atoms with Gasteiger partial charge in [-0.15, -0.1) is 46.7 Å². The highest BCUT2D eigenvalue weighted by atomic mass is 127. The lowest BCUT2D eigenvalue weighted by atomic mass is 10.2. The first-order valence-corrected chi connectivity index (χ1v) is 9.08. The van der Waals surface area contributed by atoms with Gasteiger partial charge in [0.1, 0.15) is 5.01 Å². The summed E-state index contributed by atoms with van der Waals surface area (Å²) in [4.78, 5) is 14.5. The Hall–Kier alpha value is -0.740. The molecule has 0 bridgehead atoms. The molecule has 0 fully saturated rings. The van der Waals surface area contributed by atoms with Gasteiger partial charge >= 0.3 is 0 Å². The molecule has 2 heterocycles. The fourth-order valence-electron chi connectivity index (χ4n) is 1.86. The maximum atomic E-state index is 4.61. The third-order valence-corrected chi connectivity index (χ3v) is 4.93. The van der Waals surface area contributed by atoms with Gasteiger partial charge in [-0.2, -0.15) is 0 Å². The van der Waals surface area contributed by atoms with Gasteiger partial charge in [-0.05, 0) is 12.8 Å². The number of guanidine groups is 1. The predicted octanol–water partition coefficient (Wildman–Crippen LogP) is 3.56. The van der Waals surface area contributed by atoms with Gasteiger partial charge in [-0.3, -0.25) is 4.99 Å². The van der Waals surface area contributed by atoms with Crippen LogP contribution in [0, 0.1) is 6.92 Å². The Labute approximate surface area is 163 Å². The molecule has 0 saturated heterocycles. The van der Waals surface area contributed by atoms with Crippen LogP contribution in [0.25, 0.3) is 0 Å². The molecule has 0 saturated carbocycles. The molecule has 0 aliphatic carbocycles. The number of thiazole rings is 2. The van der Waals surface area contributed by atoms with E-state index in [0.29, 0.717) is 12.5 Å². The van der Waals surface area contributed by atoms with Crippen molar-refractivity contribution >= 4 is 52.6 Å². The summed E-state index contributed by atoms with van der Waals surface area (Å²) in [5, 5.41) is 11.0. The van der Waals surface area contributed by atoms with E-state index in [1.807, 2.05) is 6.20 Å². The zero-order valence-electron chi connectivity index (χ0n) is 13.9. The molecule has 2 rings (SSSR count). The second kappa shape index (κ2) is 10.2. The van der Waals surface area contributed by atoms with Gasteiger partial charge in [0, 0.05) is 36.5 Å². The molecule has 128 valence electrons. The minimum Gasteiger partial charge on any atom is -0.356 e. The van der Waals surface area contributed by atoms with Gasteiger partial charge < -0.3 is 10.6 Å². The molecule has 0 amide bonds. The summed E-state index contributed by atoms with van der Waals surface area (Å²) in [6, 6.07) is 0. The first-order valence-electron chi connectivity index (χ1n) is 7.38. The Morgan fingerprint density at radius 1 is 1.30 bits per heavy atom. The summed E-state index contributed by atoms with van der Waals surface area (Å²) < 4.78 is 0. The normalized spacial score (nSPS) is 11.4. The van der Waals surface area contributed by atoms with Gasteiger partial charge in [0.2, 0.25) is 0 Å². The second-order valence-corrected chi connectivity index (χ2v) is 7.55. The third kappa shape index (κ3) is 6.72. The van der Waals surface area contributed by atoms with Gasteiger partial charge in [0.15, 0.2) is 5.96 Å². The van der Waals surface area contributed by atoms with Crippen LogP contribution in [0.5, 0.6) is 0 Å². The third-order valence-electron chi connectivity index (χ3n) is 3.09. The van der Waals surface area contributed by atoms with Gasteiger partial charge in [-0.25, -0.2) is 9.97 Å². The summed E-state index contributed by atoms with van der Waals surface area (Å²) in [5.74, 6) is 1.28. The lowest BCUT2D eigenvalue weighted by molar-refractivity contribution is 0.777. The number of aliphatic imine (C=N–C) groups is 1. The van der Waals surface area contributed by atoms with Crippen molar-refractivity contribution in [2.45, 2.75) is 39.7 Å². The van der Waals surface area contributed by atoms with Gasteiger partial charge in [0.05, 0.1) is 17.2 Å². The topological polar surface area (TPSA) is 62.2 Å². The Morgan fingerprint density at radius 2 is 2.09 bits per heavy atom. The zero-order valence-corrected chi connectivity index (χ0v) is 17.9. The molecule has 0 unspecified atom stereocenters. The average Bonchev–Trinajstić information content (AvgIpc) is 3.11. The van der Waals surface area contributed by atoms with E-state index in [1.54, 1.807) is 29.7 Å². The number of aromatic nitrogens is 2. The van der Waals surface area contributed by atoms with Crippen LogP contribution in [0.15, 0.2) is 16.6 Å². The van der Waals surface area contributed by atoms with E-state index in [1.165, 1.54) is 4.88 Å². The Bertz CT molecular complexity index is 621. The lowest BCUT2D eigenvalue weighted by Crippen LogP contribution is -2.37. The minimum atomic E-state index is 0. The monoisotopic (exact) mass is 465 g/mol. The van der Waals surface area contributed by atoms with Gasteiger partial charge in [-0.1, -0.05) is 13.8 Å². The molecule has 5 nitrogen and oxygen atoms in total.